The molecule has 0 unspecified atom stereocenters. The lowest BCUT2D eigenvalue weighted by atomic mass is 9.93. The van der Waals surface area contributed by atoms with E-state index in [1.54, 1.807) is 0 Å². The fraction of sp³-hybridized carbons (Fsp3) is 0.643. The van der Waals surface area contributed by atoms with E-state index in [1.807, 2.05) is 14.1 Å². The standard InChI is InChI=1S/C14H24N4O2/c1-5-10(6-2)12(18(3)4)9-15-14(20)11-7-8-13(19)17-16-11/h7-8,10,12H,5-6,9H2,1-4H3,(H,15,20)(H,17,19)/t12-/m0/s1. The number of aromatic amines is 1. The van der Waals surface area contributed by atoms with Crippen molar-refractivity contribution < 1.29 is 4.79 Å². The summed E-state index contributed by atoms with van der Waals surface area (Å²) in [6, 6.07) is 3.01. The van der Waals surface area contributed by atoms with E-state index in [4.69, 9.17) is 0 Å². The van der Waals surface area contributed by atoms with Gasteiger partial charge in [-0.05, 0) is 26.1 Å². The molecule has 0 aliphatic rings. The van der Waals surface area contributed by atoms with Crippen LogP contribution in [0, 0.1) is 5.92 Å². The van der Waals surface area contributed by atoms with Crippen molar-refractivity contribution in [3.05, 3.63) is 28.2 Å². The Hall–Kier alpha value is -1.69. The third-order valence-electron chi connectivity index (χ3n) is 3.64. The fourth-order valence-electron chi connectivity index (χ4n) is 2.36. The predicted molar refractivity (Wildman–Crippen MR) is 78.7 cm³/mol. The van der Waals surface area contributed by atoms with Crippen LogP contribution in [0.25, 0.3) is 0 Å². The Bertz CT molecular complexity index is 460. The summed E-state index contributed by atoms with van der Waals surface area (Å²) < 4.78 is 0. The maximum Gasteiger partial charge on any atom is 0.271 e. The van der Waals surface area contributed by atoms with Gasteiger partial charge in [0.25, 0.3) is 11.5 Å². The minimum atomic E-state index is -0.315. The van der Waals surface area contributed by atoms with Crippen LogP contribution in [0.1, 0.15) is 37.2 Å². The molecular formula is C14H24N4O2. The highest BCUT2D eigenvalue weighted by Gasteiger charge is 2.21. The average Bonchev–Trinajstić information content (AvgIpc) is 2.43. The molecule has 0 fully saturated rings. The van der Waals surface area contributed by atoms with Gasteiger partial charge >= 0.3 is 0 Å². The molecule has 1 heterocycles. The zero-order valence-corrected chi connectivity index (χ0v) is 12.6. The number of nitrogens with one attached hydrogen (secondary N) is 2. The van der Waals surface area contributed by atoms with E-state index >= 15 is 0 Å². The molecule has 0 radical (unpaired) electrons. The van der Waals surface area contributed by atoms with E-state index in [0.29, 0.717) is 12.5 Å². The van der Waals surface area contributed by atoms with Crippen molar-refractivity contribution in [2.45, 2.75) is 32.7 Å². The summed E-state index contributed by atoms with van der Waals surface area (Å²) in [6.07, 6.45) is 2.15. The molecule has 0 bridgehead atoms. The first-order valence-electron chi connectivity index (χ1n) is 6.99. The molecule has 6 heteroatoms. The normalized spacial score (nSPS) is 12.7. The van der Waals surface area contributed by atoms with Gasteiger partial charge in [0.05, 0.1) is 0 Å². The zero-order chi connectivity index (χ0) is 15.1. The zero-order valence-electron chi connectivity index (χ0n) is 12.6. The van der Waals surface area contributed by atoms with Crippen molar-refractivity contribution >= 4 is 5.91 Å². The van der Waals surface area contributed by atoms with Crippen LogP contribution in [0.15, 0.2) is 16.9 Å². The van der Waals surface area contributed by atoms with E-state index in [-0.39, 0.29) is 23.2 Å². The third-order valence-corrected chi connectivity index (χ3v) is 3.64. The Morgan fingerprint density at radius 1 is 1.35 bits per heavy atom. The van der Waals surface area contributed by atoms with Gasteiger partial charge in [0.2, 0.25) is 0 Å². The van der Waals surface area contributed by atoms with Crippen molar-refractivity contribution in [3.63, 3.8) is 0 Å². The SMILES string of the molecule is CCC(CC)[C@H](CNC(=O)c1ccc(=O)[nH]n1)N(C)C. The lowest BCUT2D eigenvalue weighted by Crippen LogP contribution is -2.44. The molecule has 1 aromatic rings. The number of aromatic nitrogens is 2. The Labute approximate surface area is 119 Å². The minimum absolute atomic E-state index is 0.228. The Morgan fingerprint density at radius 3 is 2.45 bits per heavy atom. The number of amides is 1. The number of carbonyl (C=O) groups is 1. The first kappa shape index (κ1) is 16.4. The first-order valence-corrected chi connectivity index (χ1v) is 6.99. The van der Waals surface area contributed by atoms with Crippen LogP contribution >= 0.6 is 0 Å². The molecule has 1 atom stereocenters. The molecule has 0 saturated carbocycles. The number of hydrogen-bond acceptors (Lipinski definition) is 4. The molecule has 0 saturated heterocycles. The Balaban J connectivity index is 2.65. The van der Waals surface area contributed by atoms with Crippen LogP contribution in [-0.4, -0.2) is 47.7 Å². The average molecular weight is 280 g/mol. The molecule has 112 valence electrons. The van der Waals surface area contributed by atoms with Crippen LogP contribution in [0.2, 0.25) is 0 Å². The van der Waals surface area contributed by atoms with Crippen LogP contribution in [-0.2, 0) is 0 Å². The molecule has 1 amide bonds. The Morgan fingerprint density at radius 2 is 2.00 bits per heavy atom. The van der Waals surface area contributed by atoms with Crippen LogP contribution in [0.5, 0.6) is 0 Å². The van der Waals surface area contributed by atoms with Crippen molar-refractivity contribution in [1.29, 1.82) is 0 Å². The van der Waals surface area contributed by atoms with Gasteiger partial charge in [0.15, 0.2) is 0 Å². The number of hydrogen-bond donors (Lipinski definition) is 2. The van der Waals surface area contributed by atoms with Crippen LogP contribution in [0.3, 0.4) is 0 Å². The molecular weight excluding hydrogens is 256 g/mol. The highest BCUT2D eigenvalue weighted by Crippen LogP contribution is 2.16. The number of H-pyrrole nitrogens is 1. The van der Waals surface area contributed by atoms with E-state index < -0.39 is 0 Å². The van der Waals surface area contributed by atoms with Gasteiger partial charge in [-0.1, -0.05) is 26.7 Å². The van der Waals surface area contributed by atoms with Gasteiger partial charge in [0.1, 0.15) is 5.69 Å². The molecule has 20 heavy (non-hydrogen) atoms. The molecule has 0 aromatic carbocycles. The molecule has 2 N–H and O–H groups in total. The van der Waals surface area contributed by atoms with Gasteiger partial charge in [-0.2, -0.15) is 5.10 Å². The highest BCUT2D eigenvalue weighted by molar-refractivity contribution is 5.91. The van der Waals surface area contributed by atoms with Crippen LogP contribution < -0.4 is 10.9 Å². The quantitative estimate of drug-likeness (QED) is 0.776. The van der Waals surface area contributed by atoms with Gasteiger partial charge in [-0.3, -0.25) is 9.59 Å². The number of rotatable bonds is 7. The van der Waals surface area contributed by atoms with Crippen molar-refractivity contribution in [2.24, 2.45) is 5.92 Å². The van der Waals surface area contributed by atoms with Crippen molar-refractivity contribution in [1.82, 2.24) is 20.4 Å². The van der Waals surface area contributed by atoms with Gasteiger partial charge in [-0.15, -0.1) is 0 Å². The lowest BCUT2D eigenvalue weighted by molar-refractivity contribution is 0.0922. The second-order valence-electron chi connectivity index (χ2n) is 5.12. The predicted octanol–water partition coefficient (Wildman–Crippen LogP) is 0.866. The first-order chi connectivity index (χ1) is 9.49. The van der Waals surface area contributed by atoms with Gasteiger partial charge in [0, 0.05) is 18.7 Å². The summed E-state index contributed by atoms with van der Waals surface area (Å²) >= 11 is 0. The third kappa shape index (κ3) is 4.45. The fourth-order valence-corrected chi connectivity index (χ4v) is 2.36. The van der Waals surface area contributed by atoms with Crippen LogP contribution in [0.4, 0.5) is 0 Å². The second-order valence-corrected chi connectivity index (χ2v) is 5.12. The van der Waals surface area contributed by atoms with Crippen molar-refractivity contribution in [2.75, 3.05) is 20.6 Å². The Kier molecular flexibility index (Phi) is 6.38. The number of nitrogens with zero attached hydrogens (tertiary/aromatic N) is 2. The second kappa shape index (κ2) is 7.79. The molecule has 1 rings (SSSR count). The van der Waals surface area contributed by atoms with Gasteiger partial charge in [-0.25, -0.2) is 5.10 Å². The number of likely N-dealkylation sites (N-methyl/N-ethyl adjacent to an activating group) is 1. The van der Waals surface area contributed by atoms with E-state index in [9.17, 15) is 9.59 Å². The maximum atomic E-state index is 12.0. The van der Waals surface area contributed by atoms with E-state index in [0.717, 1.165) is 12.8 Å². The molecule has 0 spiro atoms. The van der Waals surface area contributed by atoms with E-state index in [2.05, 4.69) is 34.3 Å². The van der Waals surface area contributed by atoms with Crippen molar-refractivity contribution in [3.8, 4) is 0 Å². The van der Waals surface area contributed by atoms with Gasteiger partial charge < -0.3 is 10.2 Å². The maximum absolute atomic E-state index is 12.0. The monoisotopic (exact) mass is 280 g/mol. The topological polar surface area (TPSA) is 78.1 Å². The highest BCUT2D eigenvalue weighted by atomic mass is 16.2. The lowest BCUT2D eigenvalue weighted by Gasteiger charge is -2.31. The largest absolute Gasteiger partial charge is 0.349 e. The molecule has 1 aromatic heterocycles. The van der Waals surface area contributed by atoms with E-state index in [1.165, 1.54) is 12.1 Å². The summed E-state index contributed by atoms with van der Waals surface area (Å²) in [5, 5.41) is 8.87. The molecule has 0 aliphatic heterocycles. The summed E-state index contributed by atoms with van der Waals surface area (Å²) in [4.78, 5) is 25.0. The summed E-state index contributed by atoms with van der Waals surface area (Å²) in [5.74, 6) is 0.271. The number of carbonyl (C=O) groups excluding carboxylic acids is 1. The summed E-state index contributed by atoms with van der Waals surface area (Å²) in [6.45, 7) is 4.89. The minimum Gasteiger partial charge on any atom is -0.349 e. The molecule has 6 nitrogen and oxygen atoms in total. The summed E-state index contributed by atoms with van der Waals surface area (Å²) in [7, 11) is 4.04. The smallest absolute Gasteiger partial charge is 0.271 e. The molecule has 0 aliphatic carbocycles. The summed E-state index contributed by atoms with van der Waals surface area (Å²) in [5.41, 5.74) is -0.0867.